The monoisotopic (exact) mass is 283 g/mol. The lowest BCUT2D eigenvalue weighted by Gasteiger charge is -2.23. The van der Waals surface area contributed by atoms with Crippen molar-refractivity contribution < 1.29 is 9.53 Å². The molecule has 2 rings (SSSR count). The van der Waals surface area contributed by atoms with E-state index in [4.69, 9.17) is 22.1 Å². The molecule has 0 fully saturated rings. The first-order valence-electron chi connectivity index (χ1n) is 5.81. The number of rotatable bonds is 4. The highest BCUT2D eigenvalue weighted by atomic mass is 35.5. The highest BCUT2D eigenvalue weighted by Crippen LogP contribution is 2.31. The van der Waals surface area contributed by atoms with E-state index in [1.807, 2.05) is 19.1 Å². The smallest absolute Gasteiger partial charge is 0.405 e. The molecule has 0 aliphatic heterocycles. The van der Waals surface area contributed by atoms with Gasteiger partial charge in [-0.1, -0.05) is 30.7 Å². The summed E-state index contributed by atoms with van der Waals surface area (Å²) in [4.78, 5) is 12.3. The fourth-order valence-corrected chi connectivity index (χ4v) is 2.16. The zero-order valence-electron chi connectivity index (χ0n) is 10.4. The number of allylic oxidation sites excluding steroid dienone is 2. The highest BCUT2D eigenvalue weighted by molar-refractivity contribution is 6.30. The second-order valence-electron chi connectivity index (χ2n) is 4.26. The molecular weight excluding hydrogens is 270 g/mol. The Morgan fingerprint density at radius 3 is 3.16 bits per heavy atom. The molecule has 0 aromatic carbocycles. The van der Waals surface area contributed by atoms with Gasteiger partial charge in [-0.25, -0.2) is 4.79 Å². The van der Waals surface area contributed by atoms with Crippen LogP contribution in [-0.4, -0.2) is 32.4 Å². The SMILES string of the molecule is CC1CC=CC([C@H](Cn2ncnn2)OC(N)=O)=C1Cl. The molecule has 2 atom stereocenters. The van der Waals surface area contributed by atoms with Crippen LogP contribution in [0.4, 0.5) is 4.79 Å². The summed E-state index contributed by atoms with van der Waals surface area (Å²) < 4.78 is 5.10. The number of hydrogen-bond donors (Lipinski definition) is 1. The molecule has 19 heavy (non-hydrogen) atoms. The zero-order chi connectivity index (χ0) is 13.8. The van der Waals surface area contributed by atoms with Crippen molar-refractivity contribution >= 4 is 17.7 Å². The average molecular weight is 284 g/mol. The number of nitrogens with two attached hydrogens (primary N) is 1. The summed E-state index contributed by atoms with van der Waals surface area (Å²) in [6, 6.07) is 0. The van der Waals surface area contributed by atoms with E-state index in [-0.39, 0.29) is 12.5 Å². The Morgan fingerprint density at radius 1 is 1.74 bits per heavy atom. The van der Waals surface area contributed by atoms with E-state index >= 15 is 0 Å². The van der Waals surface area contributed by atoms with Crippen molar-refractivity contribution in [2.24, 2.45) is 11.7 Å². The maximum atomic E-state index is 11.0. The first-order chi connectivity index (χ1) is 9.08. The molecular formula is C11H14ClN5O2. The molecule has 7 nitrogen and oxygen atoms in total. The van der Waals surface area contributed by atoms with Gasteiger partial charge in [0.2, 0.25) is 0 Å². The fraction of sp³-hybridized carbons (Fsp3) is 0.455. The van der Waals surface area contributed by atoms with Crippen LogP contribution in [0, 0.1) is 5.92 Å². The summed E-state index contributed by atoms with van der Waals surface area (Å²) in [5, 5.41) is 11.9. The van der Waals surface area contributed by atoms with Crippen LogP contribution in [-0.2, 0) is 11.3 Å². The molecule has 1 aromatic heterocycles. The molecule has 2 N–H and O–H groups in total. The number of nitrogens with zero attached hydrogens (tertiary/aromatic N) is 4. The van der Waals surface area contributed by atoms with Gasteiger partial charge >= 0.3 is 6.09 Å². The predicted octanol–water partition coefficient (Wildman–Crippen LogP) is 1.23. The molecule has 1 aliphatic carbocycles. The highest BCUT2D eigenvalue weighted by Gasteiger charge is 2.25. The number of amides is 1. The minimum atomic E-state index is -0.867. The van der Waals surface area contributed by atoms with E-state index in [0.29, 0.717) is 5.03 Å². The van der Waals surface area contributed by atoms with Crippen LogP contribution in [0.2, 0.25) is 0 Å². The number of primary amides is 1. The van der Waals surface area contributed by atoms with Crippen molar-refractivity contribution in [2.75, 3.05) is 0 Å². The van der Waals surface area contributed by atoms with Crippen LogP contribution in [0.1, 0.15) is 13.3 Å². The van der Waals surface area contributed by atoms with Crippen molar-refractivity contribution in [3.8, 4) is 0 Å². The van der Waals surface area contributed by atoms with E-state index in [9.17, 15) is 4.79 Å². The first kappa shape index (κ1) is 13.5. The summed E-state index contributed by atoms with van der Waals surface area (Å²) in [5.41, 5.74) is 5.81. The Morgan fingerprint density at radius 2 is 2.53 bits per heavy atom. The van der Waals surface area contributed by atoms with E-state index in [1.54, 1.807) is 0 Å². The van der Waals surface area contributed by atoms with Gasteiger partial charge in [-0.05, 0) is 17.6 Å². The number of tetrazole rings is 1. The molecule has 1 amide bonds. The number of halogens is 1. The van der Waals surface area contributed by atoms with Crippen LogP contribution in [0.5, 0.6) is 0 Å². The molecule has 1 aromatic rings. The number of carbonyl (C=O) groups excluding carboxylic acids is 1. The van der Waals surface area contributed by atoms with Gasteiger partial charge in [-0.2, -0.15) is 4.80 Å². The van der Waals surface area contributed by atoms with Gasteiger partial charge in [0.1, 0.15) is 6.54 Å². The van der Waals surface area contributed by atoms with E-state index in [2.05, 4.69) is 15.4 Å². The number of carbonyl (C=O) groups is 1. The largest absolute Gasteiger partial charge is 0.439 e. The maximum absolute atomic E-state index is 11.0. The lowest BCUT2D eigenvalue weighted by molar-refractivity contribution is 0.110. The summed E-state index contributed by atoms with van der Waals surface area (Å²) in [7, 11) is 0. The Hall–Kier alpha value is -1.89. The average Bonchev–Trinajstić information content (AvgIpc) is 2.84. The van der Waals surface area contributed by atoms with Crippen molar-refractivity contribution in [3.05, 3.63) is 29.1 Å². The van der Waals surface area contributed by atoms with Crippen LogP contribution in [0.3, 0.4) is 0 Å². The second kappa shape index (κ2) is 5.83. The minimum absolute atomic E-state index is 0.185. The van der Waals surface area contributed by atoms with E-state index in [1.165, 1.54) is 11.1 Å². The van der Waals surface area contributed by atoms with Crippen LogP contribution in [0.25, 0.3) is 0 Å². The van der Waals surface area contributed by atoms with Gasteiger partial charge in [0.05, 0.1) is 0 Å². The number of hydrogen-bond acceptors (Lipinski definition) is 5. The Labute approximate surface area is 115 Å². The molecule has 1 aliphatic rings. The lowest BCUT2D eigenvalue weighted by Crippen LogP contribution is -2.30. The summed E-state index contributed by atoms with van der Waals surface area (Å²) in [6.07, 6.45) is 4.49. The van der Waals surface area contributed by atoms with Gasteiger partial charge in [0.25, 0.3) is 0 Å². The third kappa shape index (κ3) is 3.31. The van der Waals surface area contributed by atoms with Gasteiger partial charge in [-0.3, -0.25) is 0 Å². The maximum Gasteiger partial charge on any atom is 0.405 e. The third-order valence-corrected chi connectivity index (χ3v) is 3.41. The van der Waals surface area contributed by atoms with E-state index in [0.717, 1.165) is 12.0 Å². The van der Waals surface area contributed by atoms with Crippen molar-refractivity contribution in [1.82, 2.24) is 20.2 Å². The predicted molar refractivity (Wildman–Crippen MR) is 68.1 cm³/mol. The number of ether oxygens (including phenoxy) is 1. The first-order valence-corrected chi connectivity index (χ1v) is 6.18. The van der Waals surface area contributed by atoms with Crippen molar-refractivity contribution in [2.45, 2.75) is 26.0 Å². The minimum Gasteiger partial charge on any atom is -0.439 e. The van der Waals surface area contributed by atoms with Crippen molar-refractivity contribution in [3.63, 3.8) is 0 Å². The Bertz CT molecular complexity index is 511. The Balaban J connectivity index is 2.24. The van der Waals surface area contributed by atoms with Crippen LogP contribution < -0.4 is 5.73 Å². The van der Waals surface area contributed by atoms with Gasteiger partial charge in [0.15, 0.2) is 12.4 Å². The molecule has 0 radical (unpaired) electrons. The molecule has 1 heterocycles. The standard InChI is InChI=1S/C11H14ClN5O2/c1-7-3-2-4-8(10(7)12)9(19-11(13)18)5-17-15-6-14-16-17/h2,4,6-7,9H,3,5H2,1H3,(H2,13,18)/t7?,9-/m0/s1. The molecule has 0 saturated carbocycles. The molecule has 0 spiro atoms. The van der Waals surface area contributed by atoms with Crippen LogP contribution >= 0.6 is 11.6 Å². The molecule has 0 saturated heterocycles. The summed E-state index contributed by atoms with van der Waals surface area (Å²) >= 11 is 6.28. The second-order valence-corrected chi connectivity index (χ2v) is 4.67. The van der Waals surface area contributed by atoms with Crippen molar-refractivity contribution in [1.29, 1.82) is 0 Å². The quantitative estimate of drug-likeness (QED) is 0.896. The molecule has 8 heteroatoms. The zero-order valence-corrected chi connectivity index (χ0v) is 11.1. The molecule has 1 unspecified atom stereocenters. The summed E-state index contributed by atoms with van der Waals surface area (Å²) in [5.74, 6) is 0.185. The molecule has 0 bridgehead atoms. The number of aromatic nitrogens is 4. The topological polar surface area (TPSA) is 95.9 Å². The van der Waals surface area contributed by atoms with Gasteiger partial charge in [-0.15, -0.1) is 10.2 Å². The normalized spacial score (nSPS) is 20.4. The molecule has 102 valence electrons. The van der Waals surface area contributed by atoms with Gasteiger partial charge < -0.3 is 10.5 Å². The lowest BCUT2D eigenvalue weighted by atomic mass is 9.94. The fourth-order valence-electron chi connectivity index (χ4n) is 1.89. The van der Waals surface area contributed by atoms with E-state index < -0.39 is 12.2 Å². The summed E-state index contributed by atoms with van der Waals surface area (Å²) in [6.45, 7) is 2.21. The third-order valence-electron chi connectivity index (χ3n) is 2.82. The van der Waals surface area contributed by atoms with Crippen LogP contribution in [0.15, 0.2) is 29.1 Å². The van der Waals surface area contributed by atoms with Gasteiger partial charge in [0, 0.05) is 10.6 Å². The Kier molecular flexibility index (Phi) is 4.16.